The summed E-state index contributed by atoms with van der Waals surface area (Å²) in [5.74, 6) is -1.17. The van der Waals surface area contributed by atoms with Crippen molar-refractivity contribution in [3.05, 3.63) is 49.7 Å². The van der Waals surface area contributed by atoms with E-state index < -0.39 is 11.9 Å². The molecular weight excluding hydrogens is 418 g/mol. The molecule has 3 aromatic rings. The Morgan fingerprint density at radius 3 is 2.50 bits per heavy atom. The zero-order valence-electron chi connectivity index (χ0n) is 15.8. The summed E-state index contributed by atoms with van der Waals surface area (Å²) in [7, 11) is 0. The molecule has 0 fully saturated rings. The van der Waals surface area contributed by atoms with Crippen LogP contribution < -0.4 is 5.32 Å². The molecule has 0 saturated carbocycles. The van der Waals surface area contributed by atoms with Crippen molar-refractivity contribution >= 4 is 67.0 Å². The van der Waals surface area contributed by atoms with Gasteiger partial charge < -0.3 is 10.1 Å². The number of ether oxygens (including phenoxy) is 1. The first-order valence-corrected chi connectivity index (χ1v) is 10.6. The number of fused-ring (bicyclic) bond motifs is 1. The Hall–Kier alpha value is -2.22. The average molecular weight is 436 g/mol. The zero-order chi connectivity index (χ0) is 20.6. The van der Waals surface area contributed by atoms with Crippen molar-refractivity contribution in [2.45, 2.75) is 27.7 Å². The molecule has 2 aromatic heterocycles. The number of carbonyl (C=O) groups is 3. The Morgan fingerprint density at radius 1 is 1.14 bits per heavy atom. The predicted octanol–water partition coefficient (Wildman–Crippen LogP) is 5.86. The Balaban J connectivity index is 2.02. The summed E-state index contributed by atoms with van der Waals surface area (Å²) >= 11 is 8.77. The molecule has 0 radical (unpaired) electrons. The minimum Gasteiger partial charge on any atom is -0.462 e. The molecule has 1 amide bonds. The Bertz CT molecular complexity index is 1110. The minimum atomic E-state index is -0.572. The minimum absolute atomic E-state index is 0.177. The zero-order valence-corrected chi connectivity index (χ0v) is 18.2. The molecule has 5 nitrogen and oxygen atoms in total. The van der Waals surface area contributed by atoms with E-state index in [0.29, 0.717) is 20.3 Å². The maximum atomic E-state index is 12.9. The summed E-state index contributed by atoms with van der Waals surface area (Å²) < 4.78 is 6.01. The molecule has 2 heterocycles. The molecule has 0 unspecified atom stereocenters. The number of benzene rings is 1. The predicted molar refractivity (Wildman–Crippen MR) is 115 cm³/mol. The van der Waals surface area contributed by atoms with Gasteiger partial charge >= 0.3 is 5.97 Å². The van der Waals surface area contributed by atoms with E-state index in [0.717, 1.165) is 27.0 Å². The van der Waals surface area contributed by atoms with E-state index in [1.54, 1.807) is 13.8 Å². The summed E-state index contributed by atoms with van der Waals surface area (Å²) in [6, 6.07) is 5.78. The van der Waals surface area contributed by atoms with Crippen LogP contribution in [0.25, 0.3) is 10.1 Å². The third-order valence-corrected chi connectivity index (χ3v) is 7.13. The lowest BCUT2D eigenvalue weighted by molar-refractivity contribution is 0.0527. The largest absolute Gasteiger partial charge is 0.462 e. The van der Waals surface area contributed by atoms with Crippen LogP contribution in [0.15, 0.2) is 18.2 Å². The number of hydrogen-bond acceptors (Lipinski definition) is 6. The lowest BCUT2D eigenvalue weighted by Gasteiger charge is -2.06. The van der Waals surface area contributed by atoms with Crippen molar-refractivity contribution in [1.29, 1.82) is 0 Å². The van der Waals surface area contributed by atoms with Crippen molar-refractivity contribution < 1.29 is 19.1 Å². The van der Waals surface area contributed by atoms with E-state index in [1.807, 2.05) is 25.1 Å². The summed E-state index contributed by atoms with van der Waals surface area (Å²) in [5.41, 5.74) is 1.78. The molecule has 0 atom stereocenters. The topological polar surface area (TPSA) is 72.5 Å². The van der Waals surface area contributed by atoms with E-state index in [4.69, 9.17) is 16.3 Å². The summed E-state index contributed by atoms with van der Waals surface area (Å²) in [4.78, 5) is 37.9. The van der Waals surface area contributed by atoms with Crippen LogP contribution >= 0.6 is 34.3 Å². The number of rotatable bonds is 5. The van der Waals surface area contributed by atoms with Gasteiger partial charge in [-0.15, -0.1) is 22.7 Å². The second kappa shape index (κ2) is 8.03. The quantitative estimate of drug-likeness (QED) is 0.402. The molecule has 0 bridgehead atoms. The van der Waals surface area contributed by atoms with Crippen LogP contribution in [0.3, 0.4) is 0 Å². The van der Waals surface area contributed by atoms with Crippen LogP contribution in [-0.2, 0) is 4.74 Å². The molecule has 0 aliphatic heterocycles. The number of carbonyl (C=O) groups excluding carboxylic acids is 3. The first-order valence-electron chi connectivity index (χ1n) is 8.56. The van der Waals surface area contributed by atoms with Crippen LogP contribution in [0.5, 0.6) is 0 Å². The van der Waals surface area contributed by atoms with Gasteiger partial charge in [0, 0.05) is 10.1 Å². The first kappa shape index (κ1) is 20.5. The van der Waals surface area contributed by atoms with Crippen molar-refractivity contribution in [2.75, 3.05) is 11.9 Å². The maximum absolute atomic E-state index is 12.9. The molecule has 0 aliphatic carbocycles. The van der Waals surface area contributed by atoms with Gasteiger partial charge in [0.25, 0.3) is 5.91 Å². The summed E-state index contributed by atoms with van der Waals surface area (Å²) in [5, 5.41) is 4.21. The molecule has 1 N–H and O–H groups in total. The van der Waals surface area contributed by atoms with Crippen molar-refractivity contribution in [1.82, 2.24) is 0 Å². The molecule has 146 valence electrons. The monoisotopic (exact) mass is 435 g/mol. The van der Waals surface area contributed by atoms with Crippen LogP contribution in [-0.4, -0.2) is 24.3 Å². The number of amides is 1. The number of halogens is 1. The van der Waals surface area contributed by atoms with Gasteiger partial charge in [0.05, 0.1) is 22.1 Å². The van der Waals surface area contributed by atoms with E-state index >= 15 is 0 Å². The highest BCUT2D eigenvalue weighted by Crippen LogP contribution is 2.38. The van der Waals surface area contributed by atoms with Crippen LogP contribution in [0.4, 0.5) is 5.00 Å². The fourth-order valence-electron chi connectivity index (χ4n) is 2.86. The number of anilines is 1. The Morgan fingerprint density at radius 2 is 1.86 bits per heavy atom. The highest BCUT2D eigenvalue weighted by atomic mass is 35.5. The second-order valence-corrected chi connectivity index (χ2v) is 8.69. The fraction of sp³-hybridized carbons (Fsp3) is 0.250. The third-order valence-electron chi connectivity index (χ3n) is 4.16. The highest BCUT2D eigenvalue weighted by Gasteiger charge is 2.26. The van der Waals surface area contributed by atoms with Gasteiger partial charge in [0.15, 0.2) is 5.78 Å². The fourth-order valence-corrected chi connectivity index (χ4v) is 5.46. The van der Waals surface area contributed by atoms with Crippen LogP contribution in [0, 0.1) is 13.8 Å². The van der Waals surface area contributed by atoms with Crippen LogP contribution in [0.1, 0.15) is 54.7 Å². The molecule has 3 rings (SSSR count). The molecule has 8 heteroatoms. The van der Waals surface area contributed by atoms with Gasteiger partial charge in [-0.25, -0.2) is 4.79 Å². The Labute approximate surface area is 175 Å². The molecule has 1 aromatic carbocycles. The number of Topliss-reactive ketones (excluding diaryl/α,β-unsaturated/α-hetero) is 1. The number of ketones is 1. The summed E-state index contributed by atoms with van der Waals surface area (Å²) in [6.45, 7) is 6.95. The van der Waals surface area contributed by atoms with Gasteiger partial charge in [0.2, 0.25) is 0 Å². The van der Waals surface area contributed by atoms with Crippen molar-refractivity contribution in [2.24, 2.45) is 0 Å². The number of hydrogen-bond donors (Lipinski definition) is 1. The maximum Gasteiger partial charge on any atom is 0.341 e. The lowest BCUT2D eigenvalue weighted by Crippen LogP contribution is -2.14. The normalized spacial score (nSPS) is 10.9. The number of esters is 1. The lowest BCUT2D eigenvalue weighted by atomic mass is 10.1. The standard InChI is InChI=1S/C20H18ClNO4S2/c1-5-26-20(25)14-10(3)16(11(4)23)28-19(14)22-18(24)17-15(21)12-7-6-9(2)8-13(12)27-17/h6-8H,5H2,1-4H3,(H,22,24). The molecule has 0 saturated heterocycles. The first-order chi connectivity index (χ1) is 13.2. The average Bonchev–Trinajstić information content (AvgIpc) is 3.12. The van der Waals surface area contributed by atoms with Gasteiger partial charge in [-0.1, -0.05) is 23.7 Å². The molecule has 28 heavy (non-hydrogen) atoms. The van der Waals surface area contributed by atoms with Crippen LogP contribution in [0.2, 0.25) is 5.02 Å². The van der Waals surface area contributed by atoms with E-state index in [2.05, 4.69) is 5.32 Å². The van der Waals surface area contributed by atoms with Gasteiger partial charge in [0.1, 0.15) is 9.88 Å². The highest BCUT2D eigenvalue weighted by molar-refractivity contribution is 7.22. The molecule has 0 aliphatic rings. The molecular formula is C20H18ClNO4S2. The third kappa shape index (κ3) is 3.70. The smallest absolute Gasteiger partial charge is 0.341 e. The second-order valence-electron chi connectivity index (χ2n) is 6.24. The van der Waals surface area contributed by atoms with Crippen molar-refractivity contribution in [3.63, 3.8) is 0 Å². The Kier molecular flexibility index (Phi) is 5.88. The van der Waals surface area contributed by atoms with E-state index in [-0.39, 0.29) is 23.0 Å². The van der Waals surface area contributed by atoms with Gasteiger partial charge in [-0.05, 0) is 44.9 Å². The van der Waals surface area contributed by atoms with E-state index in [9.17, 15) is 14.4 Å². The number of aryl methyl sites for hydroxylation is 1. The van der Waals surface area contributed by atoms with Gasteiger partial charge in [-0.3, -0.25) is 9.59 Å². The number of thiophene rings is 2. The summed E-state index contributed by atoms with van der Waals surface area (Å²) in [6.07, 6.45) is 0. The van der Waals surface area contributed by atoms with Gasteiger partial charge in [-0.2, -0.15) is 0 Å². The van der Waals surface area contributed by atoms with Crippen molar-refractivity contribution in [3.8, 4) is 0 Å². The molecule has 0 spiro atoms. The van der Waals surface area contributed by atoms with E-state index in [1.165, 1.54) is 18.3 Å². The SMILES string of the molecule is CCOC(=O)c1c(NC(=O)c2sc3cc(C)ccc3c2Cl)sc(C(C)=O)c1C. The number of nitrogens with one attached hydrogen (secondary N) is 1.